The predicted molar refractivity (Wildman–Crippen MR) is 108 cm³/mol. The van der Waals surface area contributed by atoms with Gasteiger partial charge in [-0.15, -0.1) is 0 Å². The van der Waals surface area contributed by atoms with Crippen LogP contribution in [0, 0.1) is 5.82 Å². The van der Waals surface area contributed by atoms with Crippen LogP contribution in [0.4, 0.5) is 21.8 Å². The van der Waals surface area contributed by atoms with Crippen LogP contribution < -0.4 is 15.1 Å². The van der Waals surface area contributed by atoms with Crippen LogP contribution in [-0.2, 0) is 0 Å². The number of hydrogen-bond donors (Lipinski definition) is 1. The molecule has 2 fully saturated rings. The largest absolute Gasteiger partial charge is 0.366 e. The van der Waals surface area contributed by atoms with E-state index in [1.165, 1.54) is 44.6 Å². The van der Waals surface area contributed by atoms with Crippen molar-refractivity contribution in [2.45, 2.75) is 44.6 Å². The van der Waals surface area contributed by atoms with Crippen molar-refractivity contribution in [2.24, 2.45) is 0 Å². The SMILES string of the molecule is Fc1ccccc1N1CCN(c2ccnc(NC3CCCCCC3)n2)CC1. The van der Waals surface area contributed by atoms with Gasteiger partial charge in [0.25, 0.3) is 0 Å². The topological polar surface area (TPSA) is 44.3 Å². The highest BCUT2D eigenvalue weighted by Gasteiger charge is 2.21. The molecule has 4 rings (SSSR count). The second-order valence-corrected chi connectivity index (χ2v) is 7.50. The summed E-state index contributed by atoms with van der Waals surface area (Å²) in [7, 11) is 0. The Bertz CT molecular complexity index is 737. The molecule has 0 amide bonds. The molecule has 27 heavy (non-hydrogen) atoms. The summed E-state index contributed by atoms with van der Waals surface area (Å²) in [6, 6.07) is 9.46. The molecule has 144 valence electrons. The standard InChI is InChI=1S/C21H28FN5/c22-18-9-5-6-10-19(18)26-13-15-27(16-14-26)20-11-12-23-21(25-20)24-17-7-3-1-2-4-8-17/h5-6,9-12,17H,1-4,7-8,13-16H2,(H,23,24,25). The molecule has 0 unspecified atom stereocenters. The van der Waals surface area contributed by atoms with Crippen LogP contribution >= 0.6 is 0 Å². The molecule has 2 heterocycles. The average Bonchev–Trinajstić information content (AvgIpc) is 2.97. The van der Waals surface area contributed by atoms with Crippen LogP contribution in [0.25, 0.3) is 0 Å². The molecule has 1 saturated carbocycles. The van der Waals surface area contributed by atoms with Gasteiger partial charge in [-0.2, -0.15) is 4.98 Å². The minimum absolute atomic E-state index is 0.150. The minimum Gasteiger partial charge on any atom is -0.366 e. The number of rotatable bonds is 4. The maximum Gasteiger partial charge on any atom is 0.224 e. The van der Waals surface area contributed by atoms with E-state index < -0.39 is 0 Å². The molecule has 0 spiro atoms. The molecule has 5 nitrogen and oxygen atoms in total. The molecule has 2 aromatic rings. The first kappa shape index (κ1) is 18.0. The first-order valence-corrected chi connectivity index (χ1v) is 10.1. The van der Waals surface area contributed by atoms with Gasteiger partial charge in [-0.25, -0.2) is 9.37 Å². The van der Waals surface area contributed by atoms with Crippen LogP contribution in [0.15, 0.2) is 36.5 Å². The first-order valence-electron chi connectivity index (χ1n) is 10.1. The monoisotopic (exact) mass is 369 g/mol. The van der Waals surface area contributed by atoms with Gasteiger partial charge in [-0.3, -0.25) is 0 Å². The Morgan fingerprint density at radius 2 is 1.59 bits per heavy atom. The third kappa shape index (κ3) is 4.49. The number of anilines is 3. The van der Waals surface area contributed by atoms with E-state index in [0.29, 0.717) is 11.7 Å². The van der Waals surface area contributed by atoms with Gasteiger partial charge in [-0.05, 0) is 31.0 Å². The molecular formula is C21H28FN5. The lowest BCUT2D eigenvalue weighted by Crippen LogP contribution is -2.47. The molecule has 1 saturated heterocycles. The molecule has 2 aliphatic rings. The number of benzene rings is 1. The molecule has 6 heteroatoms. The summed E-state index contributed by atoms with van der Waals surface area (Å²) in [5, 5.41) is 3.53. The molecule has 1 aliphatic carbocycles. The minimum atomic E-state index is -0.150. The zero-order valence-electron chi connectivity index (χ0n) is 15.8. The van der Waals surface area contributed by atoms with Gasteiger partial charge in [-0.1, -0.05) is 37.8 Å². The molecular weight excluding hydrogens is 341 g/mol. The number of aromatic nitrogens is 2. The van der Waals surface area contributed by atoms with Gasteiger partial charge in [0.05, 0.1) is 5.69 Å². The fourth-order valence-corrected chi connectivity index (χ4v) is 4.09. The fraction of sp³-hybridized carbons (Fsp3) is 0.524. The van der Waals surface area contributed by atoms with Crippen molar-refractivity contribution >= 4 is 17.5 Å². The van der Waals surface area contributed by atoms with Gasteiger partial charge in [0.2, 0.25) is 5.95 Å². The average molecular weight is 369 g/mol. The lowest BCUT2D eigenvalue weighted by molar-refractivity contribution is 0.595. The number of para-hydroxylation sites is 1. The maximum atomic E-state index is 14.0. The third-order valence-corrected chi connectivity index (χ3v) is 5.63. The zero-order valence-corrected chi connectivity index (χ0v) is 15.8. The molecule has 1 aliphatic heterocycles. The Hall–Kier alpha value is -2.37. The Labute approximate surface area is 160 Å². The third-order valence-electron chi connectivity index (χ3n) is 5.63. The summed E-state index contributed by atoms with van der Waals surface area (Å²) >= 11 is 0. The van der Waals surface area contributed by atoms with Crippen molar-refractivity contribution in [1.29, 1.82) is 0 Å². The van der Waals surface area contributed by atoms with Crippen LogP contribution in [0.5, 0.6) is 0 Å². The Kier molecular flexibility index (Phi) is 5.70. The van der Waals surface area contributed by atoms with Crippen molar-refractivity contribution in [3.8, 4) is 0 Å². The summed E-state index contributed by atoms with van der Waals surface area (Å²) in [6.45, 7) is 3.23. The van der Waals surface area contributed by atoms with E-state index in [-0.39, 0.29) is 5.82 Å². The van der Waals surface area contributed by atoms with Crippen molar-refractivity contribution in [3.05, 3.63) is 42.3 Å². The highest BCUT2D eigenvalue weighted by Crippen LogP contribution is 2.23. The van der Waals surface area contributed by atoms with Crippen molar-refractivity contribution in [1.82, 2.24) is 9.97 Å². The summed E-state index contributed by atoms with van der Waals surface area (Å²) < 4.78 is 14.0. The Morgan fingerprint density at radius 3 is 2.33 bits per heavy atom. The van der Waals surface area contributed by atoms with Gasteiger partial charge in [0, 0.05) is 38.4 Å². The van der Waals surface area contributed by atoms with E-state index in [1.54, 1.807) is 6.07 Å². The quantitative estimate of drug-likeness (QED) is 0.823. The second-order valence-electron chi connectivity index (χ2n) is 7.50. The van der Waals surface area contributed by atoms with E-state index in [4.69, 9.17) is 4.98 Å². The van der Waals surface area contributed by atoms with E-state index in [0.717, 1.165) is 37.9 Å². The summed E-state index contributed by atoms with van der Waals surface area (Å²) in [5.41, 5.74) is 0.690. The summed E-state index contributed by atoms with van der Waals surface area (Å²) in [5.74, 6) is 1.54. The molecule has 1 N–H and O–H groups in total. The predicted octanol–water partition coefficient (Wildman–Crippen LogP) is 4.08. The van der Waals surface area contributed by atoms with Gasteiger partial charge >= 0.3 is 0 Å². The van der Waals surface area contributed by atoms with E-state index in [1.807, 2.05) is 24.4 Å². The first-order chi connectivity index (χ1) is 13.3. The van der Waals surface area contributed by atoms with Crippen LogP contribution in [-0.4, -0.2) is 42.2 Å². The van der Waals surface area contributed by atoms with E-state index in [2.05, 4.69) is 20.1 Å². The van der Waals surface area contributed by atoms with Crippen molar-refractivity contribution < 1.29 is 4.39 Å². The smallest absolute Gasteiger partial charge is 0.224 e. The number of nitrogens with zero attached hydrogens (tertiary/aromatic N) is 4. The number of halogens is 1. The highest BCUT2D eigenvalue weighted by molar-refractivity contribution is 5.51. The summed E-state index contributed by atoms with van der Waals surface area (Å²) in [6.07, 6.45) is 9.50. The molecule has 0 radical (unpaired) electrons. The van der Waals surface area contributed by atoms with E-state index >= 15 is 0 Å². The fourth-order valence-electron chi connectivity index (χ4n) is 4.09. The zero-order chi connectivity index (χ0) is 18.5. The normalized spacial score (nSPS) is 19.0. The second kappa shape index (κ2) is 8.55. The van der Waals surface area contributed by atoms with Gasteiger partial charge < -0.3 is 15.1 Å². The highest BCUT2D eigenvalue weighted by atomic mass is 19.1. The lowest BCUT2D eigenvalue weighted by atomic mass is 10.1. The van der Waals surface area contributed by atoms with Gasteiger partial charge in [0.1, 0.15) is 11.6 Å². The van der Waals surface area contributed by atoms with Gasteiger partial charge in [0.15, 0.2) is 0 Å². The molecule has 1 aromatic heterocycles. The maximum absolute atomic E-state index is 14.0. The van der Waals surface area contributed by atoms with Crippen LogP contribution in [0.3, 0.4) is 0 Å². The lowest BCUT2D eigenvalue weighted by Gasteiger charge is -2.36. The van der Waals surface area contributed by atoms with Crippen LogP contribution in [0.1, 0.15) is 38.5 Å². The molecule has 0 bridgehead atoms. The van der Waals surface area contributed by atoms with Crippen molar-refractivity contribution in [2.75, 3.05) is 41.3 Å². The van der Waals surface area contributed by atoms with E-state index in [9.17, 15) is 4.39 Å². The molecule has 0 atom stereocenters. The Balaban J connectivity index is 1.37. The summed E-state index contributed by atoms with van der Waals surface area (Å²) in [4.78, 5) is 13.5. The molecule has 1 aromatic carbocycles. The number of hydrogen-bond acceptors (Lipinski definition) is 5. The Morgan fingerprint density at radius 1 is 0.889 bits per heavy atom. The number of nitrogens with one attached hydrogen (secondary N) is 1. The van der Waals surface area contributed by atoms with Crippen molar-refractivity contribution in [3.63, 3.8) is 0 Å². The number of piperazine rings is 1. The van der Waals surface area contributed by atoms with Crippen LogP contribution in [0.2, 0.25) is 0 Å².